The van der Waals surface area contributed by atoms with Gasteiger partial charge in [-0.25, -0.2) is 0 Å². The van der Waals surface area contributed by atoms with Crippen molar-refractivity contribution in [2.45, 2.75) is 46.0 Å². The highest BCUT2D eigenvalue weighted by molar-refractivity contribution is 6.03. The Morgan fingerprint density at radius 2 is 1.07 bits per heavy atom. The van der Waals surface area contributed by atoms with E-state index in [4.69, 9.17) is 37.9 Å². The summed E-state index contributed by atoms with van der Waals surface area (Å²) in [4.78, 5) is 36.3. The first-order valence-electron chi connectivity index (χ1n) is 15.3. The molecule has 1 aliphatic rings. The zero-order valence-electron chi connectivity index (χ0n) is 25.8. The lowest BCUT2D eigenvalue weighted by molar-refractivity contribution is -0.140. The minimum atomic E-state index is -0.223. The molecule has 0 bridgehead atoms. The Morgan fingerprint density at radius 3 is 1.45 bits per heavy atom. The maximum atomic E-state index is 11.8. The maximum absolute atomic E-state index is 11.8. The van der Waals surface area contributed by atoms with Crippen LogP contribution in [-0.2, 0) is 52.3 Å². The van der Waals surface area contributed by atoms with Gasteiger partial charge in [0, 0.05) is 25.3 Å². The molecule has 1 atom stereocenters. The van der Waals surface area contributed by atoms with Crippen LogP contribution in [0.25, 0.3) is 0 Å². The van der Waals surface area contributed by atoms with Gasteiger partial charge >= 0.3 is 0 Å². The van der Waals surface area contributed by atoms with Crippen molar-refractivity contribution in [3.8, 4) is 0 Å². The first-order valence-corrected chi connectivity index (χ1v) is 15.3. The topological polar surface area (TPSA) is 140 Å². The van der Waals surface area contributed by atoms with Crippen molar-refractivity contribution in [1.82, 2.24) is 10.2 Å². The second kappa shape index (κ2) is 28.1. The van der Waals surface area contributed by atoms with Crippen LogP contribution in [0.5, 0.6) is 0 Å². The number of carbonyl (C=O) groups is 3. The van der Waals surface area contributed by atoms with Gasteiger partial charge in [0.05, 0.1) is 112 Å². The molecular weight excluding hydrogens is 552 g/mol. The first-order chi connectivity index (χ1) is 20.6. The van der Waals surface area contributed by atoms with E-state index in [0.717, 1.165) is 25.8 Å². The minimum absolute atomic E-state index is 0.0295. The van der Waals surface area contributed by atoms with E-state index in [9.17, 15) is 14.4 Å². The third-order valence-electron chi connectivity index (χ3n) is 6.11. The van der Waals surface area contributed by atoms with Crippen LogP contribution in [0.3, 0.4) is 0 Å². The Kier molecular flexibility index (Phi) is 25.6. The molecule has 13 heteroatoms. The number of amides is 3. The molecule has 1 heterocycles. The van der Waals surface area contributed by atoms with Crippen LogP contribution in [0.1, 0.15) is 46.0 Å². The molecule has 1 fully saturated rings. The van der Waals surface area contributed by atoms with E-state index in [1.165, 1.54) is 4.90 Å². The van der Waals surface area contributed by atoms with E-state index < -0.39 is 0 Å². The van der Waals surface area contributed by atoms with Crippen molar-refractivity contribution in [3.05, 3.63) is 0 Å². The summed E-state index contributed by atoms with van der Waals surface area (Å²) < 4.78 is 43.5. The monoisotopic (exact) mass is 606 g/mol. The van der Waals surface area contributed by atoms with Crippen LogP contribution < -0.4 is 5.32 Å². The molecule has 0 radical (unpaired) electrons. The summed E-state index contributed by atoms with van der Waals surface area (Å²) in [6.45, 7) is 12.1. The SMILES string of the molecule is CCCCCNC(=O)CCOCCOCCOCCOCCOCCOCCOCCOCCN1C(=O)CC(C)C1=O. The van der Waals surface area contributed by atoms with E-state index in [1.54, 1.807) is 6.92 Å². The van der Waals surface area contributed by atoms with Crippen LogP contribution >= 0.6 is 0 Å². The molecule has 1 unspecified atom stereocenters. The zero-order valence-corrected chi connectivity index (χ0v) is 25.8. The largest absolute Gasteiger partial charge is 0.379 e. The molecule has 0 aliphatic carbocycles. The molecule has 0 aromatic heterocycles. The molecule has 0 aromatic rings. The van der Waals surface area contributed by atoms with E-state index in [0.29, 0.717) is 119 Å². The van der Waals surface area contributed by atoms with Gasteiger partial charge in [-0.05, 0) is 6.42 Å². The summed E-state index contributed by atoms with van der Waals surface area (Å²) in [6, 6.07) is 0. The van der Waals surface area contributed by atoms with Crippen molar-refractivity contribution >= 4 is 17.7 Å². The molecule has 1 saturated heterocycles. The number of unbranched alkanes of at least 4 members (excludes halogenated alkanes) is 2. The van der Waals surface area contributed by atoms with E-state index in [1.807, 2.05) is 0 Å². The van der Waals surface area contributed by atoms with Gasteiger partial charge in [0.2, 0.25) is 17.7 Å². The highest BCUT2D eigenvalue weighted by Crippen LogP contribution is 2.17. The number of rotatable bonds is 31. The molecular formula is C29H54N2O11. The average molecular weight is 607 g/mol. The quantitative estimate of drug-likeness (QED) is 0.0900. The van der Waals surface area contributed by atoms with Gasteiger partial charge in [0.25, 0.3) is 0 Å². The fourth-order valence-corrected chi connectivity index (χ4v) is 3.74. The van der Waals surface area contributed by atoms with Gasteiger partial charge < -0.3 is 43.2 Å². The van der Waals surface area contributed by atoms with Crippen LogP contribution in [-0.4, -0.2) is 141 Å². The van der Waals surface area contributed by atoms with Gasteiger partial charge in [-0.1, -0.05) is 26.7 Å². The van der Waals surface area contributed by atoms with E-state index >= 15 is 0 Å². The molecule has 1 N–H and O–H groups in total. The summed E-state index contributed by atoms with van der Waals surface area (Å²) in [5, 5.41) is 2.88. The standard InChI is InChI=1S/C29H54N2O11/c1-3-4-5-7-30-27(32)6-9-35-11-13-37-15-17-39-19-21-41-23-24-42-22-20-40-18-16-38-14-12-36-10-8-31-28(33)25-26(2)29(31)34/h26H,3-25H2,1-2H3,(H,30,32). The molecule has 13 nitrogen and oxygen atoms in total. The van der Waals surface area contributed by atoms with Crippen LogP contribution in [0.4, 0.5) is 0 Å². The molecule has 42 heavy (non-hydrogen) atoms. The Hall–Kier alpha value is -1.71. The Labute approximate surface area is 251 Å². The Balaban J connectivity index is 1.67. The first kappa shape index (κ1) is 38.3. The Morgan fingerprint density at radius 1 is 0.667 bits per heavy atom. The number of nitrogens with zero attached hydrogens (tertiary/aromatic N) is 1. The van der Waals surface area contributed by atoms with Crippen molar-refractivity contribution < 1.29 is 52.3 Å². The third-order valence-corrected chi connectivity index (χ3v) is 6.11. The lowest BCUT2D eigenvalue weighted by atomic mass is 10.1. The molecule has 1 rings (SSSR count). The third kappa shape index (κ3) is 21.9. The summed E-state index contributed by atoms with van der Waals surface area (Å²) in [5.74, 6) is -0.444. The van der Waals surface area contributed by atoms with Crippen molar-refractivity contribution in [2.75, 3.05) is 119 Å². The number of imide groups is 1. The van der Waals surface area contributed by atoms with Gasteiger partial charge in [0.15, 0.2) is 0 Å². The van der Waals surface area contributed by atoms with Gasteiger partial charge in [-0.3, -0.25) is 19.3 Å². The highest BCUT2D eigenvalue weighted by Gasteiger charge is 2.34. The molecule has 3 amide bonds. The summed E-state index contributed by atoms with van der Waals surface area (Å²) in [6.07, 6.45) is 3.96. The number of carbonyl (C=O) groups excluding carboxylic acids is 3. The molecule has 1 aliphatic heterocycles. The molecule has 0 spiro atoms. The van der Waals surface area contributed by atoms with Crippen LogP contribution in [0.2, 0.25) is 0 Å². The molecule has 0 saturated carbocycles. The number of hydrogen-bond acceptors (Lipinski definition) is 11. The predicted octanol–water partition coefficient (Wildman–Crippen LogP) is 1.21. The number of likely N-dealkylation sites (tertiary alicyclic amines) is 1. The maximum Gasteiger partial charge on any atom is 0.232 e. The smallest absolute Gasteiger partial charge is 0.232 e. The second-order valence-corrected chi connectivity index (χ2v) is 9.69. The lowest BCUT2D eigenvalue weighted by Gasteiger charge is -2.14. The number of hydrogen-bond donors (Lipinski definition) is 1. The molecule has 246 valence electrons. The minimum Gasteiger partial charge on any atom is -0.379 e. The number of ether oxygens (including phenoxy) is 8. The van der Waals surface area contributed by atoms with E-state index in [2.05, 4.69) is 12.2 Å². The average Bonchev–Trinajstić information content (AvgIpc) is 3.22. The zero-order chi connectivity index (χ0) is 30.5. The normalized spacial score (nSPS) is 15.2. The summed E-state index contributed by atoms with van der Waals surface area (Å²) >= 11 is 0. The van der Waals surface area contributed by atoms with Crippen molar-refractivity contribution in [1.29, 1.82) is 0 Å². The van der Waals surface area contributed by atoms with Gasteiger partial charge in [-0.2, -0.15) is 0 Å². The fourth-order valence-electron chi connectivity index (χ4n) is 3.74. The lowest BCUT2D eigenvalue weighted by Crippen LogP contribution is -2.33. The highest BCUT2D eigenvalue weighted by atomic mass is 16.6. The van der Waals surface area contributed by atoms with Crippen LogP contribution in [0, 0.1) is 5.92 Å². The van der Waals surface area contributed by atoms with Gasteiger partial charge in [0.1, 0.15) is 0 Å². The number of nitrogens with one attached hydrogen (secondary N) is 1. The second-order valence-electron chi connectivity index (χ2n) is 9.69. The van der Waals surface area contributed by atoms with E-state index in [-0.39, 0.29) is 30.1 Å². The van der Waals surface area contributed by atoms with Crippen molar-refractivity contribution in [3.63, 3.8) is 0 Å². The van der Waals surface area contributed by atoms with Crippen LogP contribution in [0.15, 0.2) is 0 Å². The summed E-state index contributed by atoms with van der Waals surface area (Å²) in [5.41, 5.74) is 0. The summed E-state index contributed by atoms with van der Waals surface area (Å²) in [7, 11) is 0. The predicted molar refractivity (Wildman–Crippen MR) is 154 cm³/mol. The Bertz CT molecular complexity index is 684. The van der Waals surface area contributed by atoms with Crippen molar-refractivity contribution in [2.24, 2.45) is 5.92 Å². The van der Waals surface area contributed by atoms with Gasteiger partial charge in [-0.15, -0.1) is 0 Å². The molecule has 0 aromatic carbocycles. The fraction of sp³-hybridized carbons (Fsp3) is 0.897.